The Morgan fingerprint density at radius 3 is 2.64 bits per heavy atom. The molecule has 3 aliphatic rings. The van der Waals surface area contributed by atoms with Crippen LogP contribution in [0.1, 0.15) is 44.1 Å². The van der Waals surface area contributed by atoms with Gasteiger partial charge in [-0.3, -0.25) is 9.69 Å². The maximum absolute atomic E-state index is 12.4. The van der Waals surface area contributed by atoms with Gasteiger partial charge in [0, 0.05) is 12.5 Å². The molecule has 1 unspecified atom stereocenters. The number of ether oxygens (including phenoxy) is 1. The predicted octanol–water partition coefficient (Wildman–Crippen LogP) is 2.87. The summed E-state index contributed by atoms with van der Waals surface area (Å²) in [4.78, 5) is 17.0. The van der Waals surface area contributed by atoms with Crippen LogP contribution in [-0.2, 0) is 16.0 Å². The fraction of sp³-hybridized carbons (Fsp3) is 0.667. The Kier molecular flexibility index (Phi) is 5.09. The van der Waals surface area contributed by atoms with Gasteiger partial charge in [0.1, 0.15) is 5.60 Å². The number of aryl methyl sites for hydroxylation is 1. The van der Waals surface area contributed by atoms with E-state index in [0.717, 1.165) is 39.0 Å². The molecule has 3 fully saturated rings. The zero-order valence-corrected chi connectivity index (χ0v) is 15.2. The van der Waals surface area contributed by atoms with E-state index in [9.17, 15) is 4.79 Å². The lowest BCUT2D eigenvalue weighted by Gasteiger charge is -2.47. The molecule has 3 heterocycles. The Morgan fingerprint density at radius 2 is 1.88 bits per heavy atom. The van der Waals surface area contributed by atoms with Gasteiger partial charge in [0.2, 0.25) is 5.91 Å². The molecule has 1 atom stereocenters. The Morgan fingerprint density at radius 1 is 1.12 bits per heavy atom. The van der Waals surface area contributed by atoms with Crippen molar-refractivity contribution in [2.45, 2.75) is 56.6 Å². The van der Waals surface area contributed by atoms with Crippen molar-refractivity contribution in [2.24, 2.45) is 0 Å². The number of rotatable bonds is 5. The fourth-order valence-corrected chi connectivity index (χ4v) is 4.63. The van der Waals surface area contributed by atoms with E-state index >= 15 is 0 Å². The quantitative estimate of drug-likeness (QED) is 0.825. The van der Waals surface area contributed by atoms with Gasteiger partial charge in [0.15, 0.2) is 0 Å². The third-order valence-electron chi connectivity index (χ3n) is 6.11. The average molecular weight is 342 g/mol. The highest BCUT2D eigenvalue weighted by atomic mass is 16.5. The lowest BCUT2D eigenvalue weighted by atomic mass is 9.88. The highest BCUT2D eigenvalue weighted by molar-refractivity contribution is 5.77. The summed E-state index contributed by atoms with van der Waals surface area (Å²) < 4.78 is 6.16. The fourth-order valence-electron chi connectivity index (χ4n) is 4.63. The molecule has 0 N–H and O–H groups in total. The van der Waals surface area contributed by atoms with Crippen molar-refractivity contribution in [3.05, 3.63) is 35.9 Å². The van der Waals surface area contributed by atoms with Gasteiger partial charge < -0.3 is 9.64 Å². The molecule has 4 rings (SSSR count). The van der Waals surface area contributed by atoms with Crippen LogP contribution in [-0.4, -0.2) is 60.1 Å². The predicted molar refractivity (Wildman–Crippen MR) is 98.5 cm³/mol. The van der Waals surface area contributed by atoms with Gasteiger partial charge >= 0.3 is 0 Å². The molecule has 25 heavy (non-hydrogen) atoms. The van der Waals surface area contributed by atoms with Crippen molar-refractivity contribution in [3.63, 3.8) is 0 Å². The third kappa shape index (κ3) is 3.90. The molecule has 1 aromatic rings. The van der Waals surface area contributed by atoms with E-state index in [4.69, 9.17) is 4.74 Å². The molecular formula is C21H30N2O2. The molecule has 0 bridgehead atoms. The van der Waals surface area contributed by atoms with E-state index < -0.39 is 0 Å². The van der Waals surface area contributed by atoms with Gasteiger partial charge in [-0.2, -0.15) is 0 Å². The standard InChI is InChI=1S/C21H30N2O2/c24-20(11-7-10-18-8-3-1-4-9-18)23-16-21(17-23)14-19(15-25-21)22-12-5-2-6-13-22/h1,3-4,8-9,19H,2,5-7,10-17H2. The lowest BCUT2D eigenvalue weighted by molar-refractivity contribution is -0.157. The molecule has 136 valence electrons. The summed E-state index contributed by atoms with van der Waals surface area (Å²) in [5.41, 5.74) is 1.29. The molecule has 4 nitrogen and oxygen atoms in total. The molecule has 3 saturated heterocycles. The summed E-state index contributed by atoms with van der Waals surface area (Å²) in [7, 11) is 0. The first-order valence-electron chi connectivity index (χ1n) is 9.94. The van der Waals surface area contributed by atoms with Crippen LogP contribution < -0.4 is 0 Å². The topological polar surface area (TPSA) is 32.8 Å². The van der Waals surface area contributed by atoms with Crippen molar-refractivity contribution >= 4 is 5.91 Å². The van der Waals surface area contributed by atoms with Crippen LogP contribution in [0, 0.1) is 0 Å². The Hall–Kier alpha value is -1.39. The lowest BCUT2D eigenvalue weighted by Crippen LogP contribution is -2.63. The molecule has 1 aromatic carbocycles. The van der Waals surface area contributed by atoms with E-state index in [1.165, 1.54) is 37.9 Å². The third-order valence-corrected chi connectivity index (χ3v) is 6.11. The van der Waals surface area contributed by atoms with Crippen LogP contribution in [0.15, 0.2) is 30.3 Å². The minimum Gasteiger partial charge on any atom is -0.370 e. The molecule has 4 heteroatoms. The van der Waals surface area contributed by atoms with Crippen molar-refractivity contribution < 1.29 is 9.53 Å². The summed E-state index contributed by atoms with van der Waals surface area (Å²) in [5, 5.41) is 0. The number of carbonyl (C=O) groups excluding carboxylic acids is 1. The number of benzene rings is 1. The van der Waals surface area contributed by atoms with Crippen molar-refractivity contribution in [1.82, 2.24) is 9.80 Å². The largest absolute Gasteiger partial charge is 0.370 e. The number of likely N-dealkylation sites (tertiary alicyclic amines) is 2. The summed E-state index contributed by atoms with van der Waals surface area (Å²) in [6, 6.07) is 11.0. The zero-order valence-electron chi connectivity index (χ0n) is 15.2. The molecule has 3 aliphatic heterocycles. The summed E-state index contributed by atoms with van der Waals surface area (Å²) >= 11 is 0. The first-order chi connectivity index (χ1) is 12.2. The van der Waals surface area contributed by atoms with Crippen LogP contribution in [0.3, 0.4) is 0 Å². The summed E-state index contributed by atoms with van der Waals surface area (Å²) in [5.74, 6) is 0.298. The second kappa shape index (κ2) is 7.46. The Labute approximate surface area is 151 Å². The minimum atomic E-state index is -0.0306. The number of carbonyl (C=O) groups is 1. The van der Waals surface area contributed by atoms with E-state index in [0.29, 0.717) is 18.4 Å². The maximum Gasteiger partial charge on any atom is 0.222 e. The Balaban J connectivity index is 1.19. The number of nitrogens with zero attached hydrogens (tertiary/aromatic N) is 2. The molecule has 1 spiro atoms. The summed E-state index contributed by atoms with van der Waals surface area (Å²) in [6.45, 7) is 4.93. The van der Waals surface area contributed by atoms with E-state index in [2.05, 4.69) is 29.2 Å². The van der Waals surface area contributed by atoms with Crippen LogP contribution in [0.2, 0.25) is 0 Å². The molecule has 1 amide bonds. The van der Waals surface area contributed by atoms with Gasteiger partial charge in [-0.05, 0) is 50.8 Å². The van der Waals surface area contributed by atoms with Crippen LogP contribution in [0.4, 0.5) is 0 Å². The first-order valence-corrected chi connectivity index (χ1v) is 9.94. The minimum absolute atomic E-state index is 0.0306. The highest BCUT2D eigenvalue weighted by Crippen LogP contribution is 2.37. The highest BCUT2D eigenvalue weighted by Gasteiger charge is 2.52. The van der Waals surface area contributed by atoms with Gasteiger partial charge in [-0.25, -0.2) is 0 Å². The second-order valence-electron chi connectivity index (χ2n) is 8.04. The van der Waals surface area contributed by atoms with Gasteiger partial charge in [-0.15, -0.1) is 0 Å². The van der Waals surface area contributed by atoms with Crippen molar-refractivity contribution in [1.29, 1.82) is 0 Å². The van der Waals surface area contributed by atoms with Crippen LogP contribution in [0.25, 0.3) is 0 Å². The molecule has 0 aromatic heterocycles. The number of hydrogen-bond donors (Lipinski definition) is 0. The SMILES string of the molecule is O=C(CCCc1ccccc1)N1CC2(CC(N3CCCCC3)CO2)C1. The van der Waals surface area contributed by atoms with Gasteiger partial charge in [0.05, 0.1) is 19.7 Å². The first kappa shape index (κ1) is 17.0. The van der Waals surface area contributed by atoms with E-state index in [-0.39, 0.29) is 5.60 Å². The van der Waals surface area contributed by atoms with E-state index in [1.807, 2.05) is 11.0 Å². The number of hydrogen-bond acceptors (Lipinski definition) is 3. The Bertz CT molecular complexity index is 577. The molecule has 0 saturated carbocycles. The second-order valence-corrected chi connectivity index (χ2v) is 8.04. The van der Waals surface area contributed by atoms with Gasteiger partial charge in [-0.1, -0.05) is 36.8 Å². The van der Waals surface area contributed by atoms with Crippen LogP contribution >= 0.6 is 0 Å². The maximum atomic E-state index is 12.4. The smallest absolute Gasteiger partial charge is 0.222 e. The number of amides is 1. The van der Waals surface area contributed by atoms with E-state index in [1.54, 1.807) is 0 Å². The molecular weight excluding hydrogens is 312 g/mol. The van der Waals surface area contributed by atoms with Gasteiger partial charge in [0.25, 0.3) is 0 Å². The molecule has 0 radical (unpaired) electrons. The van der Waals surface area contributed by atoms with Crippen molar-refractivity contribution in [3.8, 4) is 0 Å². The average Bonchev–Trinajstić information content (AvgIpc) is 3.08. The van der Waals surface area contributed by atoms with Crippen molar-refractivity contribution in [2.75, 3.05) is 32.8 Å². The monoisotopic (exact) mass is 342 g/mol. The summed E-state index contributed by atoms with van der Waals surface area (Å²) in [6.07, 6.45) is 7.72. The number of piperidine rings is 1. The van der Waals surface area contributed by atoms with Crippen LogP contribution in [0.5, 0.6) is 0 Å². The normalized spacial score (nSPS) is 25.9. The zero-order chi connectivity index (χ0) is 17.1. The molecule has 0 aliphatic carbocycles.